The predicted octanol–water partition coefficient (Wildman–Crippen LogP) is 1.72. The third kappa shape index (κ3) is 2.21. The van der Waals surface area contributed by atoms with Crippen molar-refractivity contribution in [2.75, 3.05) is 19.7 Å². The highest BCUT2D eigenvalue weighted by molar-refractivity contribution is 5.84. The van der Waals surface area contributed by atoms with Crippen molar-refractivity contribution < 1.29 is 9.53 Å². The van der Waals surface area contributed by atoms with E-state index in [1.807, 2.05) is 23.1 Å². The van der Waals surface area contributed by atoms with Crippen molar-refractivity contribution in [3.63, 3.8) is 0 Å². The van der Waals surface area contributed by atoms with Gasteiger partial charge in [0.05, 0.1) is 12.1 Å². The van der Waals surface area contributed by atoms with Gasteiger partial charge in [-0.3, -0.25) is 4.79 Å². The molecule has 102 valence electrons. The molecule has 0 spiro atoms. The fourth-order valence-electron chi connectivity index (χ4n) is 2.92. The minimum absolute atomic E-state index is 0.00675. The summed E-state index contributed by atoms with van der Waals surface area (Å²) in [6, 6.07) is 8.10. The van der Waals surface area contributed by atoms with Gasteiger partial charge in [0.2, 0.25) is 5.91 Å². The van der Waals surface area contributed by atoms with Crippen molar-refractivity contribution in [1.82, 2.24) is 10.2 Å². The minimum Gasteiger partial charge on any atom is -0.491 e. The number of hydrogen-bond donors (Lipinski definition) is 1. The predicted molar refractivity (Wildman–Crippen MR) is 73.1 cm³/mol. The first-order valence-electron chi connectivity index (χ1n) is 7.07. The summed E-state index contributed by atoms with van der Waals surface area (Å²) in [5.41, 5.74) is 1.15. The number of para-hydroxylation sites is 1. The van der Waals surface area contributed by atoms with Crippen LogP contribution < -0.4 is 10.1 Å². The van der Waals surface area contributed by atoms with Crippen LogP contribution in [0.1, 0.15) is 31.4 Å². The van der Waals surface area contributed by atoms with E-state index in [0.717, 1.165) is 37.2 Å². The summed E-state index contributed by atoms with van der Waals surface area (Å²) in [6.07, 6.45) is 1.96. The number of fused-ring (bicyclic) bond motifs is 1. The normalized spacial score (nSPS) is 25.5. The second-order valence-electron chi connectivity index (χ2n) is 5.19. The summed E-state index contributed by atoms with van der Waals surface area (Å²) in [5.74, 6) is 1.14. The molecule has 0 radical (unpaired) electrons. The molecule has 0 bridgehead atoms. The SMILES string of the molecule is CCCNC1CCN(C2COc3ccccc32)C1=O. The zero-order valence-corrected chi connectivity index (χ0v) is 11.3. The van der Waals surface area contributed by atoms with Crippen molar-refractivity contribution in [2.24, 2.45) is 0 Å². The Morgan fingerprint density at radius 2 is 2.26 bits per heavy atom. The summed E-state index contributed by atoms with van der Waals surface area (Å²) >= 11 is 0. The van der Waals surface area contributed by atoms with Gasteiger partial charge < -0.3 is 15.0 Å². The van der Waals surface area contributed by atoms with E-state index in [9.17, 15) is 4.79 Å². The number of benzene rings is 1. The van der Waals surface area contributed by atoms with Gasteiger partial charge in [-0.05, 0) is 25.5 Å². The Kier molecular flexibility index (Phi) is 3.42. The molecule has 3 rings (SSSR count). The Morgan fingerprint density at radius 1 is 1.42 bits per heavy atom. The zero-order chi connectivity index (χ0) is 13.2. The largest absolute Gasteiger partial charge is 0.491 e. The highest BCUT2D eigenvalue weighted by Crippen LogP contribution is 2.37. The Balaban J connectivity index is 1.73. The monoisotopic (exact) mass is 260 g/mol. The van der Waals surface area contributed by atoms with E-state index in [1.54, 1.807) is 0 Å². The fourth-order valence-corrected chi connectivity index (χ4v) is 2.92. The van der Waals surface area contributed by atoms with Crippen LogP contribution >= 0.6 is 0 Å². The molecule has 19 heavy (non-hydrogen) atoms. The maximum absolute atomic E-state index is 12.4. The second kappa shape index (κ2) is 5.21. The summed E-state index contributed by atoms with van der Waals surface area (Å²) in [5, 5.41) is 3.33. The lowest BCUT2D eigenvalue weighted by atomic mass is 10.1. The van der Waals surface area contributed by atoms with Gasteiger partial charge in [-0.2, -0.15) is 0 Å². The molecular weight excluding hydrogens is 240 g/mol. The topological polar surface area (TPSA) is 41.6 Å². The lowest BCUT2D eigenvalue weighted by Gasteiger charge is -2.23. The van der Waals surface area contributed by atoms with E-state index in [2.05, 4.69) is 18.3 Å². The summed E-state index contributed by atoms with van der Waals surface area (Å²) in [7, 11) is 0. The van der Waals surface area contributed by atoms with Gasteiger partial charge in [-0.25, -0.2) is 0 Å². The molecule has 2 heterocycles. The number of hydrogen-bond acceptors (Lipinski definition) is 3. The fraction of sp³-hybridized carbons (Fsp3) is 0.533. The molecule has 1 amide bonds. The average Bonchev–Trinajstić information content (AvgIpc) is 3.00. The third-order valence-corrected chi connectivity index (χ3v) is 3.93. The third-order valence-electron chi connectivity index (χ3n) is 3.93. The summed E-state index contributed by atoms with van der Waals surface area (Å²) in [4.78, 5) is 14.4. The standard InChI is InChI=1S/C15H20N2O2/c1-2-8-16-12-7-9-17(15(12)18)13-10-19-14-6-4-3-5-11(13)14/h3-6,12-13,16H,2,7-10H2,1H3. The Hall–Kier alpha value is -1.55. The van der Waals surface area contributed by atoms with Crippen molar-refractivity contribution in [3.8, 4) is 5.75 Å². The van der Waals surface area contributed by atoms with Gasteiger partial charge in [-0.15, -0.1) is 0 Å². The Bertz CT molecular complexity index is 475. The number of carbonyl (C=O) groups is 1. The molecule has 1 aromatic rings. The summed E-state index contributed by atoms with van der Waals surface area (Å²) < 4.78 is 5.67. The molecule has 1 aromatic carbocycles. The molecule has 2 aliphatic heterocycles. The van der Waals surface area contributed by atoms with Crippen LogP contribution in [0.15, 0.2) is 24.3 Å². The van der Waals surface area contributed by atoms with E-state index in [-0.39, 0.29) is 18.0 Å². The van der Waals surface area contributed by atoms with Crippen LogP contribution in [0.5, 0.6) is 5.75 Å². The maximum Gasteiger partial charge on any atom is 0.240 e. The van der Waals surface area contributed by atoms with E-state index < -0.39 is 0 Å². The van der Waals surface area contributed by atoms with Crippen molar-refractivity contribution in [1.29, 1.82) is 0 Å². The first kappa shape index (κ1) is 12.5. The molecule has 4 nitrogen and oxygen atoms in total. The van der Waals surface area contributed by atoms with E-state index in [1.165, 1.54) is 0 Å². The zero-order valence-electron chi connectivity index (χ0n) is 11.3. The van der Waals surface area contributed by atoms with E-state index in [0.29, 0.717) is 6.61 Å². The number of amides is 1. The number of nitrogens with zero attached hydrogens (tertiary/aromatic N) is 1. The lowest BCUT2D eigenvalue weighted by molar-refractivity contribution is -0.131. The van der Waals surface area contributed by atoms with Gasteiger partial charge in [0, 0.05) is 12.1 Å². The number of likely N-dealkylation sites (tertiary alicyclic amines) is 1. The minimum atomic E-state index is -0.00675. The van der Waals surface area contributed by atoms with Crippen molar-refractivity contribution in [3.05, 3.63) is 29.8 Å². The second-order valence-corrected chi connectivity index (χ2v) is 5.19. The molecule has 1 N–H and O–H groups in total. The van der Waals surface area contributed by atoms with Crippen LogP contribution in [0.25, 0.3) is 0 Å². The first-order valence-corrected chi connectivity index (χ1v) is 7.07. The maximum atomic E-state index is 12.4. The Morgan fingerprint density at radius 3 is 3.11 bits per heavy atom. The molecule has 2 atom stereocenters. The average molecular weight is 260 g/mol. The molecule has 4 heteroatoms. The van der Waals surface area contributed by atoms with E-state index >= 15 is 0 Å². The molecule has 1 saturated heterocycles. The van der Waals surface area contributed by atoms with Gasteiger partial charge in [0.1, 0.15) is 12.4 Å². The molecule has 2 aliphatic rings. The van der Waals surface area contributed by atoms with Crippen LogP contribution in [0.4, 0.5) is 0 Å². The van der Waals surface area contributed by atoms with Gasteiger partial charge >= 0.3 is 0 Å². The summed E-state index contributed by atoms with van der Waals surface area (Å²) in [6.45, 7) is 4.43. The van der Waals surface area contributed by atoms with Crippen molar-refractivity contribution >= 4 is 5.91 Å². The van der Waals surface area contributed by atoms with Crippen LogP contribution in [-0.2, 0) is 4.79 Å². The highest BCUT2D eigenvalue weighted by atomic mass is 16.5. The Labute approximate surface area is 113 Å². The molecular formula is C15H20N2O2. The highest BCUT2D eigenvalue weighted by Gasteiger charge is 2.39. The smallest absolute Gasteiger partial charge is 0.240 e. The van der Waals surface area contributed by atoms with Gasteiger partial charge in [0.25, 0.3) is 0 Å². The van der Waals surface area contributed by atoms with Crippen molar-refractivity contribution in [2.45, 2.75) is 31.8 Å². The lowest BCUT2D eigenvalue weighted by Crippen LogP contribution is -2.40. The van der Waals surface area contributed by atoms with Crippen LogP contribution in [0.3, 0.4) is 0 Å². The number of carbonyl (C=O) groups excluding carboxylic acids is 1. The van der Waals surface area contributed by atoms with Gasteiger partial charge in [0.15, 0.2) is 0 Å². The van der Waals surface area contributed by atoms with Gasteiger partial charge in [-0.1, -0.05) is 25.1 Å². The first-order chi connectivity index (χ1) is 9.31. The molecule has 2 unspecified atom stereocenters. The van der Waals surface area contributed by atoms with E-state index in [4.69, 9.17) is 4.74 Å². The number of nitrogens with one attached hydrogen (secondary N) is 1. The van der Waals surface area contributed by atoms with Crippen LogP contribution in [-0.4, -0.2) is 36.5 Å². The molecule has 0 aliphatic carbocycles. The quantitative estimate of drug-likeness (QED) is 0.896. The van der Waals surface area contributed by atoms with Crippen LogP contribution in [0, 0.1) is 0 Å². The van der Waals surface area contributed by atoms with Crippen LogP contribution in [0.2, 0.25) is 0 Å². The number of rotatable bonds is 4. The molecule has 1 fully saturated rings. The molecule has 0 saturated carbocycles. The number of ether oxygens (including phenoxy) is 1. The molecule has 0 aromatic heterocycles.